The number of benzene rings is 1. The van der Waals surface area contributed by atoms with Crippen molar-refractivity contribution in [2.24, 2.45) is 0 Å². The van der Waals surface area contributed by atoms with Crippen LogP contribution in [0.1, 0.15) is 6.92 Å². The van der Waals surface area contributed by atoms with Gasteiger partial charge in [-0.3, -0.25) is 18.7 Å². The van der Waals surface area contributed by atoms with Crippen molar-refractivity contribution >= 4 is 44.9 Å². The van der Waals surface area contributed by atoms with Crippen molar-refractivity contribution in [1.82, 2.24) is 9.13 Å². The maximum absolute atomic E-state index is 12.6. The average Bonchev–Trinajstić information content (AvgIpc) is 3.09. The maximum atomic E-state index is 12.6. The van der Waals surface area contributed by atoms with Crippen LogP contribution >= 0.6 is 23.1 Å². The molecule has 6 nitrogen and oxygen atoms in total. The molecule has 0 saturated carbocycles. The number of carbonyl (C=O) groups is 1. The van der Waals surface area contributed by atoms with Crippen molar-refractivity contribution in [3.8, 4) is 0 Å². The number of nitrogens with one attached hydrogen (secondary N) is 1. The van der Waals surface area contributed by atoms with Crippen molar-refractivity contribution in [3.05, 3.63) is 56.5 Å². The highest BCUT2D eigenvalue weighted by molar-refractivity contribution is 7.98. The summed E-state index contributed by atoms with van der Waals surface area (Å²) in [5, 5.41) is 4.56. The van der Waals surface area contributed by atoms with Crippen LogP contribution in [0.4, 0.5) is 5.69 Å². The predicted octanol–water partition coefficient (Wildman–Crippen LogP) is 2.61. The summed E-state index contributed by atoms with van der Waals surface area (Å²) >= 11 is 2.86. The summed E-state index contributed by atoms with van der Waals surface area (Å²) in [7, 11) is 0. The minimum absolute atomic E-state index is 0.143. The zero-order valence-electron chi connectivity index (χ0n) is 13.8. The number of rotatable bonds is 5. The molecule has 2 heterocycles. The molecule has 0 saturated heterocycles. The highest BCUT2D eigenvalue weighted by Gasteiger charge is 2.15. The molecule has 1 N–H and O–H groups in total. The number of aromatic nitrogens is 2. The van der Waals surface area contributed by atoms with Gasteiger partial charge in [-0.1, -0.05) is 6.07 Å². The maximum Gasteiger partial charge on any atom is 0.331 e. The van der Waals surface area contributed by atoms with Gasteiger partial charge in [0.15, 0.2) is 0 Å². The van der Waals surface area contributed by atoms with Gasteiger partial charge >= 0.3 is 5.69 Å². The highest BCUT2D eigenvalue weighted by atomic mass is 32.2. The molecule has 0 bridgehead atoms. The smallest absolute Gasteiger partial charge is 0.324 e. The largest absolute Gasteiger partial charge is 0.331 e. The number of fused-ring (bicyclic) bond motifs is 1. The molecule has 130 valence electrons. The lowest BCUT2D eigenvalue weighted by Gasteiger charge is -2.11. The van der Waals surface area contributed by atoms with E-state index in [2.05, 4.69) is 5.32 Å². The SMILES string of the molecule is CCn1c(=O)c2sccc2n(CC(=O)Nc2cccc(SC)c2)c1=O. The quantitative estimate of drug-likeness (QED) is 0.696. The molecular weight excluding hydrogens is 358 g/mol. The van der Waals surface area contributed by atoms with Crippen molar-refractivity contribution in [2.45, 2.75) is 24.9 Å². The molecule has 25 heavy (non-hydrogen) atoms. The minimum atomic E-state index is -0.466. The topological polar surface area (TPSA) is 73.1 Å². The van der Waals surface area contributed by atoms with E-state index < -0.39 is 5.69 Å². The van der Waals surface area contributed by atoms with Crippen LogP contribution < -0.4 is 16.6 Å². The second kappa shape index (κ2) is 7.28. The molecule has 0 aliphatic rings. The van der Waals surface area contributed by atoms with E-state index in [1.165, 1.54) is 15.9 Å². The van der Waals surface area contributed by atoms with Gasteiger partial charge in [0.1, 0.15) is 11.2 Å². The Morgan fingerprint density at radius 2 is 2.04 bits per heavy atom. The molecular formula is C17H17N3O3S2. The van der Waals surface area contributed by atoms with E-state index in [-0.39, 0.29) is 24.6 Å². The van der Waals surface area contributed by atoms with Crippen LogP contribution in [0.25, 0.3) is 10.2 Å². The standard InChI is InChI=1S/C17H17N3O3S2/c1-3-19-16(22)15-13(7-8-25-15)20(17(19)23)10-14(21)18-11-5-4-6-12(9-11)24-2/h4-9H,3,10H2,1-2H3,(H,18,21). The molecule has 2 aromatic heterocycles. The van der Waals surface area contributed by atoms with Gasteiger partial charge in [0, 0.05) is 17.1 Å². The summed E-state index contributed by atoms with van der Waals surface area (Å²) in [5.41, 5.74) is 0.404. The number of nitrogens with zero attached hydrogens (tertiary/aromatic N) is 2. The number of thiophene rings is 1. The zero-order chi connectivity index (χ0) is 18.0. The second-order valence-electron chi connectivity index (χ2n) is 5.33. The van der Waals surface area contributed by atoms with E-state index in [1.54, 1.807) is 36.2 Å². The molecule has 0 radical (unpaired) electrons. The fourth-order valence-corrected chi connectivity index (χ4v) is 3.91. The third kappa shape index (κ3) is 3.40. The Morgan fingerprint density at radius 3 is 2.76 bits per heavy atom. The average molecular weight is 375 g/mol. The van der Waals surface area contributed by atoms with E-state index in [0.717, 1.165) is 9.46 Å². The first-order chi connectivity index (χ1) is 12.0. The summed E-state index contributed by atoms with van der Waals surface area (Å²) < 4.78 is 2.99. The van der Waals surface area contributed by atoms with Crippen LogP contribution in [0.15, 0.2) is 50.2 Å². The van der Waals surface area contributed by atoms with E-state index in [4.69, 9.17) is 0 Å². The fourth-order valence-electron chi connectivity index (χ4n) is 2.61. The lowest BCUT2D eigenvalue weighted by Crippen LogP contribution is -2.40. The summed E-state index contributed by atoms with van der Waals surface area (Å²) in [5.74, 6) is -0.311. The van der Waals surface area contributed by atoms with Crippen LogP contribution in [0, 0.1) is 0 Å². The Balaban J connectivity index is 1.95. The number of thioether (sulfide) groups is 1. The monoisotopic (exact) mass is 375 g/mol. The molecule has 1 amide bonds. The third-order valence-electron chi connectivity index (χ3n) is 3.81. The Hall–Kier alpha value is -2.32. The lowest BCUT2D eigenvalue weighted by atomic mass is 10.3. The summed E-state index contributed by atoms with van der Waals surface area (Å²) in [4.78, 5) is 38.3. The molecule has 0 unspecified atom stereocenters. The van der Waals surface area contributed by atoms with Gasteiger partial charge in [-0.15, -0.1) is 23.1 Å². The highest BCUT2D eigenvalue weighted by Crippen LogP contribution is 2.19. The summed E-state index contributed by atoms with van der Waals surface area (Å²) in [6.07, 6.45) is 1.96. The molecule has 0 aliphatic carbocycles. The van der Waals surface area contributed by atoms with E-state index >= 15 is 0 Å². The van der Waals surface area contributed by atoms with Gasteiger partial charge < -0.3 is 5.32 Å². The molecule has 3 aromatic rings. The van der Waals surface area contributed by atoms with Crippen molar-refractivity contribution < 1.29 is 4.79 Å². The van der Waals surface area contributed by atoms with Gasteiger partial charge in [0.2, 0.25) is 5.91 Å². The first kappa shape index (κ1) is 17.5. The van der Waals surface area contributed by atoms with Gasteiger partial charge in [-0.2, -0.15) is 0 Å². The molecule has 0 atom stereocenters. The first-order valence-electron chi connectivity index (χ1n) is 7.70. The molecule has 3 rings (SSSR count). The van der Waals surface area contributed by atoms with Crippen LogP contribution in [0.5, 0.6) is 0 Å². The van der Waals surface area contributed by atoms with Gasteiger partial charge in [0.25, 0.3) is 5.56 Å². The van der Waals surface area contributed by atoms with Crippen molar-refractivity contribution in [1.29, 1.82) is 0 Å². The van der Waals surface area contributed by atoms with Gasteiger partial charge in [-0.05, 0) is 42.8 Å². The Labute approximate surface area is 152 Å². The van der Waals surface area contributed by atoms with Crippen LogP contribution in [0.2, 0.25) is 0 Å². The Morgan fingerprint density at radius 1 is 1.24 bits per heavy atom. The van der Waals surface area contributed by atoms with E-state index in [9.17, 15) is 14.4 Å². The first-order valence-corrected chi connectivity index (χ1v) is 9.80. The second-order valence-corrected chi connectivity index (χ2v) is 7.13. The van der Waals surface area contributed by atoms with E-state index in [1.807, 2.05) is 24.5 Å². The van der Waals surface area contributed by atoms with Crippen LogP contribution in [-0.4, -0.2) is 21.3 Å². The van der Waals surface area contributed by atoms with Crippen LogP contribution in [0.3, 0.4) is 0 Å². The van der Waals surface area contributed by atoms with E-state index in [0.29, 0.717) is 15.9 Å². The zero-order valence-corrected chi connectivity index (χ0v) is 15.4. The number of hydrogen-bond acceptors (Lipinski definition) is 5. The molecule has 0 aliphatic heterocycles. The third-order valence-corrected chi connectivity index (χ3v) is 5.42. The summed E-state index contributed by atoms with van der Waals surface area (Å²) in [6, 6.07) is 9.19. The molecule has 8 heteroatoms. The van der Waals surface area contributed by atoms with Gasteiger partial charge in [0.05, 0.1) is 5.52 Å². The number of amides is 1. The lowest BCUT2D eigenvalue weighted by molar-refractivity contribution is -0.116. The number of hydrogen-bond donors (Lipinski definition) is 1. The molecule has 1 aromatic carbocycles. The van der Waals surface area contributed by atoms with Gasteiger partial charge in [-0.25, -0.2) is 4.79 Å². The molecule has 0 spiro atoms. The number of carbonyl (C=O) groups excluding carboxylic acids is 1. The fraction of sp³-hybridized carbons (Fsp3) is 0.235. The summed E-state index contributed by atoms with van der Waals surface area (Å²) in [6.45, 7) is 1.86. The minimum Gasteiger partial charge on any atom is -0.324 e. The Bertz CT molecular complexity index is 1050. The van der Waals surface area contributed by atoms with Crippen molar-refractivity contribution in [2.75, 3.05) is 11.6 Å². The molecule has 0 fully saturated rings. The van der Waals surface area contributed by atoms with Crippen LogP contribution in [-0.2, 0) is 17.9 Å². The number of anilines is 1. The predicted molar refractivity (Wildman–Crippen MR) is 103 cm³/mol. The van der Waals surface area contributed by atoms with Crippen molar-refractivity contribution in [3.63, 3.8) is 0 Å². The normalized spacial score (nSPS) is 11.0. The Kier molecular flexibility index (Phi) is 5.10.